The molecule has 0 aromatic heterocycles. The van der Waals surface area contributed by atoms with Crippen molar-refractivity contribution in [3.63, 3.8) is 0 Å². The number of hydrogen-bond donors (Lipinski definition) is 1. The molecule has 0 spiro atoms. The molecule has 22 heavy (non-hydrogen) atoms. The fraction of sp³-hybridized carbons (Fsp3) is 0.588. The lowest BCUT2D eigenvalue weighted by Crippen LogP contribution is -2.52. The Morgan fingerprint density at radius 3 is 2.50 bits per heavy atom. The molecule has 1 amide bonds. The number of halogens is 1. The van der Waals surface area contributed by atoms with Gasteiger partial charge in [0.05, 0.1) is 18.6 Å². The molecule has 5 heteroatoms. The summed E-state index contributed by atoms with van der Waals surface area (Å²) in [5, 5.41) is 3.04. The van der Waals surface area contributed by atoms with Gasteiger partial charge in [-0.25, -0.2) is 0 Å². The van der Waals surface area contributed by atoms with Crippen LogP contribution in [0.1, 0.15) is 26.3 Å². The molecule has 3 unspecified atom stereocenters. The third-order valence-electron chi connectivity index (χ3n) is 3.94. The van der Waals surface area contributed by atoms with Crippen LogP contribution in [0.2, 0.25) is 0 Å². The molecule has 2 rings (SSSR count). The van der Waals surface area contributed by atoms with Crippen molar-refractivity contribution in [2.45, 2.75) is 45.4 Å². The average molecular weight is 369 g/mol. The molecule has 1 saturated heterocycles. The monoisotopic (exact) mass is 368 g/mol. The van der Waals surface area contributed by atoms with Gasteiger partial charge in [-0.15, -0.1) is 0 Å². The highest BCUT2D eigenvalue weighted by Gasteiger charge is 2.25. The molecule has 1 fully saturated rings. The van der Waals surface area contributed by atoms with E-state index in [2.05, 4.69) is 46.9 Å². The topological polar surface area (TPSA) is 41.6 Å². The number of morpholine rings is 1. The van der Waals surface area contributed by atoms with E-state index in [0.29, 0.717) is 19.0 Å². The van der Waals surface area contributed by atoms with Crippen LogP contribution in [-0.2, 0) is 16.0 Å². The van der Waals surface area contributed by atoms with Crippen molar-refractivity contribution in [2.75, 3.05) is 19.6 Å². The van der Waals surface area contributed by atoms with Gasteiger partial charge in [-0.05, 0) is 38.5 Å². The van der Waals surface area contributed by atoms with Gasteiger partial charge in [0.15, 0.2) is 0 Å². The molecule has 122 valence electrons. The maximum atomic E-state index is 12.0. The lowest BCUT2D eigenvalue weighted by atomic mass is 10.1. The summed E-state index contributed by atoms with van der Waals surface area (Å²) in [5.74, 6) is 0.0727. The number of nitrogens with zero attached hydrogens (tertiary/aromatic N) is 1. The smallest absolute Gasteiger partial charge is 0.224 e. The van der Waals surface area contributed by atoms with Crippen molar-refractivity contribution < 1.29 is 9.53 Å². The van der Waals surface area contributed by atoms with Gasteiger partial charge in [0.1, 0.15) is 0 Å². The quantitative estimate of drug-likeness (QED) is 0.868. The van der Waals surface area contributed by atoms with E-state index in [4.69, 9.17) is 4.74 Å². The molecule has 1 N–H and O–H groups in total. The van der Waals surface area contributed by atoms with Crippen molar-refractivity contribution in [3.05, 3.63) is 34.3 Å². The van der Waals surface area contributed by atoms with Crippen molar-refractivity contribution in [3.8, 4) is 0 Å². The lowest BCUT2D eigenvalue weighted by molar-refractivity contribution is -0.121. The van der Waals surface area contributed by atoms with Crippen LogP contribution in [0.25, 0.3) is 0 Å². The molecule has 1 aromatic carbocycles. The Morgan fingerprint density at radius 2 is 1.91 bits per heavy atom. The molecule has 1 heterocycles. The molecule has 1 aromatic rings. The number of carbonyl (C=O) groups excluding carboxylic acids is 1. The minimum Gasteiger partial charge on any atom is -0.373 e. The van der Waals surface area contributed by atoms with Crippen molar-refractivity contribution in [2.24, 2.45) is 0 Å². The highest BCUT2D eigenvalue weighted by Crippen LogP contribution is 2.13. The van der Waals surface area contributed by atoms with E-state index in [1.165, 1.54) is 0 Å². The van der Waals surface area contributed by atoms with Crippen LogP contribution in [0.3, 0.4) is 0 Å². The molecule has 0 saturated carbocycles. The van der Waals surface area contributed by atoms with Gasteiger partial charge in [0.25, 0.3) is 0 Å². The van der Waals surface area contributed by atoms with Crippen molar-refractivity contribution in [1.29, 1.82) is 0 Å². The highest BCUT2D eigenvalue weighted by molar-refractivity contribution is 9.10. The Labute approximate surface area is 141 Å². The van der Waals surface area contributed by atoms with Crippen LogP contribution < -0.4 is 5.32 Å². The highest BCUT2D eigenvalue weighted by atomic mass is 79.9. The van der Waals surface area contributed by atoms with E-state index in [-0.39, 0.29) is 18.1 Å². The fourth-order valence-electron chi connectivity index (χ4n) is 2.82. The van der Waals surface area contributed by atoms with E-state index >= 15 is 0 Å². The van der Waals surface area contributed by atoms with Gasteiger partial charge in [0.2, 0.25) is 5.91 Å². The Kier molecular flexibility index (Phi) is 6.41. The van der Waals surface area contributed by atoms with Crippen LogP contribution in [0.15, 0.2) is 28.7 Å². The van der Waals surface area contributed by atoms with E-state index in [1.54, 1.807) is 0 Å². The Morgan fingerprint density at radius 1 is 1.32 bits per heavy atom. The second-order valence-corrected chi connectivity index (χ2v) is 7.08. The molecule has 0 bridgehead atoms. The molecular formula is C17H25BrN2O2. The van der Waals surface area contributed by atoms with E-state index < -0.39 is 0 Å². The zero-order valence-corrected chi connectivity index (χ0v) is 15.1. The summed E-state index contributed by atoms with van der Waals surface area (Å²) in [7, 11) is 0. The summed E-state index contributed by atoms with van der Waals surface area (Å²) >= 11 is 3.40. The fourth-order valence-corrected chi connectivity index (χ4v) is 3.08. The zero-order chi connectivity index (χ0) is 16.1. The lowest BCUT2D eigenvalue weighted by Gasteiger charge is -2.39. The van der Waals surface area contributed by atoms with Crippen LogP contribution >= 0.6 is 15.9 Å². The van der Waals surface area contributed by atoms with Gasteiger partial charge in [-0.1, -0.05) is 28.1 Å². The third-order valence-corrected chi connectivity index (χ3v) is 4.47. The second-order valence-electron chi connectivity index (χ2n) is 6.17. The summed E-state index contributed by atoms with van der Waals surface area (Å²) in [6, 6.07) is 8.18. The largest absolute Gasteiger partial charge is 0.373 e. The minimum absolute atomic E-state index is 0.0727. The molecule has 3 atom stereocenters. The Hall–Kier alpha value is -0.910. The summed E-state index contributed by atoms with van der Waals surface area (Å²) < 4.78 is 6.78. The first kappa shape index (κ1) is 17.4. The van der Waals surface area contributed by atoms with Crippen LogP contribution in [-0.4, -0.2) is 48.7 Å². The summed E-state index contributed by atoms with van der Waals surface area (Å²) in [4.78, 5) is 14.4. The number of carbonyl (C=O) groups is 1. The molecule has 1 aliphatic heterocycles. The van der Waals surface area contributed by atoms with Crippen molar-refractivity contribution in [1.82, 2.24) is 10.2 Å². The Balaban J connectivity index is 1.76. The molecule has 4 nitrogen and oxygen atoms in total. The molecular weight excluding hydrogens is 344 g/mol. The number of amides is 1. The van der Waals surface area contributed by atoms with Gasteiger partial charge < -0.3 is 10.1 Å². The predicted octanol–water partition coefficient (Wildman–Crippen LogP) is 2.61. The van der Waals surface area contributed by atoms with E-state index in [0.717, 1.165) is 23.1 Å². The van der Waals surface area contributed by atoms with E-state index in [9.17, 15) is 4.79 Å². The first-order valence-corrected chi connectivity index (χ1v) is 8.64. The average Bonchev–Trinajstić information content (AvgIpc) is 2.46. The predicted molar refractivity (Wildman–Crippen MR) is 91.9 cm³/mol. The van der Waals surface area contributed by atoms with E-state index in [1.807, 2.05) is 24.3 Å². The second kappa shape index (κ2) is 8.09. The number of nitrogens with one attached hydrogen (secondary N) is 1. The van der Waals surface area contributed by atoms with Crippen molar-refractivity contribution >= 4 is 21.8 Å². The maximum absolute atomic E-state index is 12.0. The first-order valence-electron chi connectivity index (χ1n) is 7.84. The summed E-state index contributed by atoms with van der Waals surface area (Å²) in [6.45, 7) is 8.88. The van der Waals surface area contributed by atoms with Gasteiger partial charge >= 0.3 is 0 Å². The molecule has 0 aliphatic carbocycles. The number of benzene rings is 1. The normalized spacial score (nSPS) is 24.0. The summed E-state index contributed by atoms with van der Waals surface area (Å²) in [6.07, 6.45) is 0.935. The van der Waals surface area contributed by atoms with Crippen LogP contribution in [0, 0.1) is 0 Å². The zero-order valence-electron chi connectivity index (χ0n) is 13.5. The van der Waals surface area contributed by atoms with Gasteiger partial charge in [0, 0.05) is 30.1 Å². The molecule has 1 aliphatic rings. The SMILES string of the molecule is CC1CN(C(C)CNC(=O)Cc2ccc(Br)cc2)CC(C)O1. The van der Waals surface area contributed by atoms with Gasteiger partial charge in [-0.2, -0.15) is 0 Å². The number of hydrogen-bond acceptors (Lipinski definition) is 3. The van der Waals surface area contributed by atoms with Crippen LogP contribution in [0.4, 0.5) is 0 Å². The number of rotatable bonds is 5. The standard InChI is InChI=1S/C17H25BrN2O2/c1-12(20-10-13(2)22-14(3)11-20)9-19-17(21)8-15-4-6-16(18)7-5-15/h4-7,12-14H,8-11H2,1-3H3,(H,19,21). The first-order chi connectivity index (χ1) is 10.4. The maximum Gasteiger partial charge on any atom is 0.224 e. The molecule has 0 radical (unpaired) electrons. The van der Waals surface area contributed by atoms with Crippen LogP contribution in [0.5, 0.6) is 0 Å². The third kappa shape index (κ3) is 5.38. The van der Waals surface area contributed by atoms with Gasteiger partial charge in [-0.3, -0.25) is 9.69 Å². The Bertz CT molecular complexity index is 482. The number of ether oxygens (including phenoxy) is 1. The minimum atomic E-state index is 0.0727. The summed E-state index contributed by atoms with van der Waals surface area (Å²) in [5.41, 5.74) is 1.03.